The van der Waals surface area contributed by atoms with Crippen LogP contribution in [-0.4, -0.2) is 24.2 Å². The molecule has 1 aromatic carbocycles. The number of hydrogen-bond donors (Lipinski definition) is 2. The van der Waals surface area contributed by atoms with Crippen molar-refractivity contribution in [3.8, 4) is 0 Å². The molecule has 1 rings (SSSR count). The van der Waals surface area contributed by atoms with Crippen LogP contribution in [0.5, 0.6) is 0 Å². The minimum Gasteiger partial charge on any atom is -0.396 e. The largest absolute Gasteiger partial charge is 0.417 e. The molecule has 0 aliphatic rings. The Labute approximate surface area is 110 Å². The molecule has 0 saturated heterocycles. The van der Waals surface area contributed by atoms with E-state index in [9.17, 15) is 18.0 Å². The number of nitrogens with one attached hydrogen (secondary N) is 1. The molecule has 1 aromatic rings. The summed E-state index contributed by atoms with van der Waals surface area (Å²) in [6.45, 7) is 0.126. The van der Waals surface area contributed by atoms with E-state index in [1.807, 2.05) is 0 Å². The Kier molecular flexibility index (Phi) is 5.15. The van der Waals surface area contributed by atoms with E-state index in [1.165, 1.54) is 12.1 Å². The molecule has 0 bridgehead atoms. The molecular weight excluding hydrogens is 315 g/mol. The maximum absolute atomic E-state index is 12.6. The molecule has 100 valence electrons. The first-order chi connectivity index (χ1) is 8.36. The lowest BCUT2D eigenvalue weighted by molar-refractivity contribution is -0.138. The molecule has 18 heavy (non-hydrogen) atoms. The van der Waals surface area contributed by atoms with Gasteiger partial charge in [-0.15, -0.1) is 0 Å². The number of halogens is 4. The third kappa shape index (κ3) is 3.99. The zero-order chi connectivity index (χ0) is 13.8. The molecule has 0 fully saturated rings. The lowest BCUT2D eigenvalue weighted by atomic mass is 10.1. The highest BCUT2D eigenvalue weighted by Crippen LogP contribution is 2.35. The minimum atomic E-state index is -4.51. The van der Waals surface area contributed by atoms with Crippen LogP contribution in [0, 0.1) is 0 Å². The van der Waals surface area contributed by atoms with E-state index < -0.39 is 17.6 Å². The van der Waals surface area contributed by atoms with Crippen LogP contribution in [0.4, 0.5) is 13.2 Å². The Morgan fingerprint density at radius 1 is 1.39 bits per heavy atom. The second-order valence-corrected chi connectivity index (χ2v) is 4.38. The Morgan fingerprint density at radius 2 is 2.06 bits per heavy atom. The molecule has 2 N–H and O–H groups in total. The van der Waals surface area contributed by atoms with Crippen LogP contribution in [0.1, 0.15) is 22.3 Å². The number of aliphatic hydroxyl groups excluding tert-OH is 1. The van der Waals surface area contributed by atoms with Crippen molar-refractivity contribution in [1.29, 1.82) is 0 Å². The maximum Gasteiger partial charge on any atom is 0.417 e. The standard InChI is InChI=1S/C11H11BrF3NO2/c12-9-3-2-7(6-8(9)11(13,14)15)10(18)16-4-1-5-17/h2-3,6,17H,1,4-5H2,(H,16,18). The first kappa shape index (κ1) is 15.0. The Balaban J connectivity index is 2.88. The SMILES string of the molecule is O=C(NCCCO)c1ccc(Br)c(C(F)(F)F)c1. The van der Waals surface area contributed by atoms with Gasteiger partial charge < -0.3 is 10.4 Å². The maximum atomic E-state index is 12.6. The lowest BCUT2D eigenvalue weighted by Gasteiger charge is -2.11. The highest BCUT2D eigenvalue weighted by atomic mass is 79.9. The Hall–Kier alpha value is -1.08. The van der Waals surface area contributed by atoms with Crippen molar-refractivity contribution in [3.05, 3.63) is 33.8 Å². The van der Waals surface area contributed by atoms with Crippen LogP contribution >= 0.6 is 15.9 Å². The normalized spacial score (nSPS) is 11.4. The Morgan fingerprint density at radius 3 is 2.61 bits per heavy atom. The lowest BCUT2D eigenvalue weighted by Crippen LogP contribution is -2.25. The third-order valence-corrected chi connectivity index (χ3v) is 2.85. The van der Waals surface area contributed by atoms with Gasteiger partial charge in [-0.2, -0.15) is 13.2 Å². The number of rotatable bonds is 4. The summed E-state index contributed by atoms with van der Waals surface area (Å²) in [4.78, 5) is 11.5. The number of alkyl halides is 3. The summed E-state index contributed by atoms with van der Waals surface area (Å²) in [6.07, 6.45) is -4.16. The first-order valence-electron chi connectivity index (χ1n) is 5.12. The van der Waals surface area contributed by atoms with E-state index >= 15 is 0 Å². The number of hydrogen-bond acceptors (Lipinski definition) is 2. The molecule has 1 amide bonds. The molecule has 0 aliphatic carbocycles. The monoisotopic (exact) mass is 325 g/mol. The molecule has 0 atom stereocenters. The van der Waals surface area contributed by atoms with Crippen molar-refractivity contribution in [2.45, 2.75) is 12.6 Å². The quantitative estimate of drug-likeness (QED) is 0.836. The summed E-state index contributed by atoms with van der Waals surface area (Å²) in [6, 6.07) is 3.27. The van der Waals surface area contributed by atoms with E-state index in [1.54, 1.807) is 0 Å². The molecule has 3 nitrogen and oxygen atoms in total. The first-order valence-corrected chi connectivity index (χ1v) is 5.91. The molecule has 0 unspecified atom stereocenters. The number of amides is 1. The second-order valence-electron chi connectivity index (χ2n) is 3.53. The fourth-order valence-electron chi connectivity index (χ4n) is 1.27. The highest BCUT2D eigenvalue weighted by molar-refractivity contribution is 9.10. The highest BCUT2D eigenvalue weighted by Gasteiger charge is 2.33. The van der Waals surface area contributed by atoms with Gasteiger partial charge >= 0.3 is 6.18 Å². The van der Waals surface area contributed by atoms with E-state index in [4.69, 9.17) is 5.11 Å². The zero-order valence-corrected chi connectivity index (χ0v) is 10.8. The van der Waals surface area contributed by atoms with Crippen LogP contribution in [-0.2, 0) is 6.18 Å². The number of aliphatic hydroxyl groups is 1. The van der Waals surface area contributed by atoms with E-state index in [0.29, 0.717) is 6.42 Å². The number of carbonyl (C=O) groups excluding carboxylic acids is 1. The van der Waals surface area contributed by atoms with Gasteiger partial charge in [-0.1, -0.05) is 15.9 Å². The molecule has 0 aliphatic heterocycles. The number of benzene rings is 1. The predicted octanol–water partition coefficient (Wildman–Crippen LogP) is 2.58. The van der Waals surface area contributed by atoms with Crippen LogP contribution in [0.15, 0.2) is 22.7 Å². The minimum absolute atomic E-state index is 0.0662. The van der Waals surface area contributed by atoms with Crippen molar-refractivity contribution in [1.82, 2.24) is 5.32 Å². The zero-order valence-electron chi connectivity index (χ0n) is 9.22. The number of carbonyl (C=O) groups is 1. The summed E-state index contributed by atoms with van der Waals surface area (Å²) < 4.78 is 37.7. The van der Waals surface area contributed by atoms with Crippen molar-refractivity contribution < 1.29 is 23.1 Å². The molecule has 0 radical (unpaired) electrons. The average Bonchev–Trinajstić information content (AvgIpc) is 2.28. The van der Waals surface area contributed by atoms with Crippen LogP contribution < -0.4 is 5.32 Å². The van der Waals surface area contributed by atoms with Gasteiger partial charge in [0, 0.05) is 23.2 Å². The smallest absolute Gasteiger partial charge is 0.396 e. The van der Waals surface area contributed by atoms with E-state index in [2.05, 4.69) is 21.2 Å². The molecule has 0 heterocycles. The van der Waals surface area contributed by atoms with E-state index in [0.717, 1.165) is 6.07 Å². The molecule has 0 spiro atoms. The summed E-state index contributed by atoms with van der Waals surface area (Å²) in [7, 11) is 0. The van der Waals surface area contributed by atoms with Gasteiger partial charge in [-0.05, 0) is 24.6 Å². The van der Waals surface area contributed by atoms with Crippen molar-refractivity contribution in [3.63, 3.8) is 0 Å². The van der Waals surface area contributed by atoms with E-state index in [-0.39, 0.29) is 23.2 Å². The van der Waals surface area contributed by atoms with Gasteiger partial charge in [0.1, 0.15) is 0 Å². The Bertz CT molecular complexity index is 435. The summed E-state index contributed by atoms with van der Waals surface area (Å²) in [5.41, 5.74) is -0.958. The van der Waals surface area contributed by atoms with Crippen molar-refractivity contribution >= 4 is 21.8 Å². The van der Waals surface area contributed by atoms with Crippen LogP contribution in [0.2, 0.25) is 0 Å². The van der Waals surface area contributed by atoms with Gasteiger partial charge in [0.2, 0.25) is 0 Å². The topological polar surface area (TPSA) is 49.3 Å². The summed E-state index contributed by atoms with van der Waals surface area (Å²) in [5, 5.41) is 10.9. The van der Waals surface area contributed by atoms with Crippen LogP contribution in [0.25, 0.3) is 0 Å². The van der Waals surface area contributed by atoms with Gasteiger partial charge in [-0.3, -0.25) is 4.79 Å². The predicted molar refractivity (Wildman–Crippen MR) is 63.2 cm³/mol. The van der Waals surface area contributed by atoms with Gasteiger partial charge in [0.15, 0.2) is 0 Å². The third-order valence-electron chi connectivity index (χ3n) is 2.15. The summed E-state index contributed by atoms with van der Waals surface area (Å²) >= 11 is 2.79. The van der Waals surface area contributed by atoms with Crippen molar-refractivity contribution in [2.24, 2.45) is 0 Å². The molecule has 7 heteroatoms. The van der Waals surface area contributed by atoms with Gasteiger partial charge in [-0.25, -0.2) is 0 Å². The van der Waals surface area contributed by atoms with Crippen LogP contribution in [0.3, 0.4) is 0 Å². The fraction of sp³-hybridized carbons (Fsp3) is 0.364. The van der Waals surface area contributed by atoms with Crippen molar-refractivity contribution in [2.75, 3.05) is 13.2 Å². The second kappa shape index (κ2) is 6.19. The van der Waals surface area contributed by atoms with Gasteiger partial charge in [0.25, 0.3) is 5.91 Å². The molecule has 0 saturated carbocycles. The molecular formula is C11H11BrF3NO2. The fourth-order valence-corrected chi connectivity index (χ4v) is 1.74. The summed E-state index contributed by atoms with van der Waals surface area (Å²) in [5.74, 6) is -0.596. The average molecular weight is 326 g/mol. The van der Waals surface area contributed by atoms with Gasteiger partial charge in [0.05, 0.1) is 5.56 Å². The molecule has 0 aromatic heterocycles.